The van der Waals surface area contributed by atoms with E-state index in [2.05, 4.69) is 17.1 Å². The summed E-state index contributed by atoms with van der Waals surface area (Å²) in [5, 5.41) is 2.90. The fourth-order valence-corrected chi connectivity index (χ4v) is 2.89. The molecule has 0 spiro atoms. The molecule has 1 aromatic carbocycles. The summed E-state index contributed by atoms with van der Waals surface area (Å²) < 4.78 is 5.21. The van der Waals surface area contributed by atoms with Crippen LogP contribution in [0.15, 0.2) is 24.3 Å². The van der Waals surface area contributed by atoms with Gasteiger partial charge < -0.3 is 15.8 Å². The van der Waals surface area contributed by atoms with Crippen molar-refractivity contribution in [2.24, 2.45) is 5.73 Å². The van der Waals surface area contributed by atoms with Gasteiger partial charge in [-0.15, -0.1) is 0 Å². The molecule has 0 bridgehead atoms. The van der Waals surface area contributed by atoms with Gasteiger partial charge in [0.25, 0.3) is 0 Å². The van der Waals surface area contributed by atoms with E-state index >= 15 is 0 Å². The minimum Gasteiger partial charge on any atom is -0.497 e. The van der Waals surface area contributed by atoms with Crippen LogP contribution in [0, 0.1) is 0 Å². The van der Waals surface area contributed by atoms with Gasteiger partial charge >= 0.3 is 0 Å². The van der Waals surface area contributed by atoms with Crippen LogP contribution in [0.4, 0.5) is 0 Å². The predicted molar refractivity (Wildman–Crippen MR) is 83.2 cm³/mol. The number of nitrogens with two attached hydrogens (primary N) is 1. The van der Waals surface area contributed by atoms with E-state index in [1.165, 1.54) is 0 Å². The molecule has 116 valence electrons. The molecule has 0 aliphatic carbocycles. The number of benzene rings is 1. The van der Waals surface area contributed by atoms with Crippen molar-refractivity contribution in [2.75, 3.05) is 20.2 Å². The molecule has 1 heterocycles. The number of amides is 1. The Labute approximate surface area is 126 Å². The van der Waals surface area contributed by atoms with E-state index in [0.717, 1.165) is 24.3 Å². The van der Waals surface area contributed by atoms with Gasteiger partial charge in [0.05, 0.1) is 19.2 Å². The van der Waals surface area contributed by atoms with Crippen LogP contribution in [-0.4, -0.2) is 43.1 Å². The fraction of sp³-hybridized carbons (Fsp3) is 0.562. The van der Waals surface area contributed by atoms with Crippen molar-refractivity contribution in [3.8, 4) is 5.75 Å². The van der Waals surface area contributed by atoms with E-state index < -0.39 is 0 Å². The highest BCUT2D eigenvalue weighted by atomic mass is 16.5. The average Bonchev–Trinajstić information content (AvgIpc) is 2.52. The second kappa shape index (κ2) is 6.91. The Morgan fingerprint density at radius 2 is 2.10 bits per heavy atom. The Bertz CT molecular complexity index is 475. The zero-order valence-electron chi connectivity index (χ0n) is 13.0. The normalized spacial score (nSPS) is 22.5. The molecule has 1 fully saturated rings. The first-order valence-electron chi connectivity index (χ1n) is 7.51. The van der Waals surface area contributed by atoms with E-state index in [-0.39, 0.29) is 24.0 Å². The minimum atomic E-state index is -0.163. The number of methoxy groups -OCH3 is 1. The van der Waals surface area contributed by atoms with E-state index in [1.54, 1.807) is 7.11 Å². The van der Waals surface area contributed by atoms with E-state index in [0.29, 0.717) is 6.54 Å². The van der Waals surface area contributed by atoms with Crippen molar-refractivity contribution in [2.45, 2.75) is 38.4 Å². The summed E-state index contributed by atoms with van der Waals surface area (Å²) in [6, 6.07) is 7.84. The molecule has 0 radical (unpaired) electrons. The third-order valence-corrected chi connectivity index (χ3v) is 4.24. The van der Waals surface area contributed by atoms with Crippen LogP contribution in [0.1, 0.15) is 31.9 Å². The molecular formula is C16H25N3O2. The largest absolute Gasteiger partial charge is 0.497 e. The second-order valence-electron chi connectivity index (χ2n) is 5.49. The lowest BCUT2D eigenvalue weighted by Gasteiger charge is -2.41. The summed E-state index contributed by atoms with van der Waals surface area (Å²) in [7, 11) is 1.65. The maximum Gasteiger partial charge on any atom is 0.237 e. The van der Waals surface area contributed by atoms with Crippen molar-refractivity contribution >= 4 is 5.91 Å². The Balaban J connectivity index is 2.30. The lowest BCUT2D eigenvalue weighted by atomic mass is 9.94. The van der Waals surface area contributed by atoms with Gasteiger partial charge in [-0.25, -0.2) is 0 Å². The number of hydrogen-bond acceptors (Lipinski definition) is 4. The van der Waals surface area contributed by atoms with Crippen LogP contribution < -0.4 is 15.8 Å². The molecular weight excluding hydrogens is 266 g/mol. The first kappa shape index (κ1) is 15.8. The van der Waals surface area contributed by atoms with Gasteiger partial charge in [-0.2, -0.15) is 0 Å². The topological polar surface area (TPSA) is 67.6 Å². The number of ether oxygens (including phenoxy) is 1. The Morgan fingerprint density at radius 1 is 1.43 bits per heavy atom. The van der Waals surface area contributed by atoms with E-state index in [4.69, 9.17) is 10.5 Å². The monoisotopic (exact) mass is 291 g/mol. The minimum absolute atomic E-state index is 0.00764. The van der Waals surface area contributed by atoms with Gasteiger partial charge in [0.2, 0.25) is 5.91 Å². The SMILES string of the molecule is CCC(N)C(c1ccc(OC)cc1)N1CCNC(=O)C1C. The second-order valence-corrected chi connectivity index (χ2v) is 5.49. The summed E-state index contributed by atoms with van der Waals surface area (Å²) in [6.07, 6.45) is 0.863. The zero-order valence-corrected chi connectivity index (χ0v) is 13.0. The highest BCUT2D eigenvalue weighted by Crippen LogP contribution is 2.29. The van der Waals surface area contributed by atoms with Crippen LogP contribution in [0.5, 0.6) is 5.75 Å². The summed E-state index contributed by atoms with van der Waals surface area (Å²) in [6.45, 7) is 5.51. The van der Waals surface area contributed by atoms with Crippen molar-refractivity contribution < 1.29 is 9.53 Å². The number of nitrogens with zero attached hydrogens (tertiary/aromatic N) is 1. The van der Waals surface area contributed by atoms with E-state index in [9.17, 15) is 4.79 Å². The van der Waals surface area contributed by atoms with Crippen molar-refractivity contribution in [3.05, 3.63) is 29.8 Å². The van der Waals surface area contributed by atoms with Gasteiger partial charge in [-0.05, 0) is 31.0 Å². The lowest BCUT2D eigenvalue weighted by molar-refractivity contribution is -0.129. The maximum atomic E-state index is 11.9. The molecule has 1 aromatic rings. The highest BCUT2D eigenvalue weighted by molar-refractivity contribution is 5.82. The summed E-state index contributed by atoms with van der Waals surface area (Å²) in [5.74, 6) is 0.898. The standard InChI is InChI=1S/C16H25N3O2/c1-4-14(17)15(12-5-7-13(21-3)8-6-12)19-10-9-18-16(20)11(19)2/h5-8,11,14-15H,4,9-10,17H2,1-3H3,(H,18,20). The molecule has 1 aliphatic heterocycles. The molecule has 5 heteroatoms. The molecule has 1 saturated heterocycles. The molecule has 21 heavy (non-hydrogen) atoms. The van der Waals surface area contributed by atoms with Crippen molar-refractivity contribution in [1.82, 2.24) is 10.2 Å². The summed E-state index contributed by atoms with van der Waals surface area (Å²) in [5.41, 5.74) is 7.48. The number of carbonyl (C=O) groups is 1. The van der Waals surface area contributed by atoms with Crippen LogP contribution in [0.3, 0.4) is 0 Å². The number of carbonyl (C=O) groups excluding carboxylic acids is 1. The fourth-order valence-electron chi connectivity index (χ4n) is 2.89. The van der Waals surface area contributed by atoms with E-state index in [1.807, 2.05) is 31.2 Å². The molecule has 0 aromatic heterocycles. The number of hydrogen-bond donors (Lipinski definition) is 2. The number of piperazine rings is 1. The van der Waals surface area contributed by atoms with Gasteiger partial charge in [-0.1, -0.05) is 19.1 Å². The van der Waals surface area contributed by atoms with Gasteiger partial charge in [0.1, 0.15) is 5.75 Å². The summed E-state index contributed by atoms with van der Waals surface area (Å²) >= 11 is 0. The maximum absolute atomic E-state index is 11.9. The smallest absolute Gasteiger partial charge is 0.237 e. The zero-order chi connectivity index (χ0) is 15.4. The lowest BCUT2D eigenvalue weighted by Crippen LogP contribution is -2.57. The average molecular weight is 291 g/mol. The van der Waals surface area contributed by atoms with Gasteiger partial charge in [0, 0.05) is 19.1 Å². The van der Waals surface area contributed by atoms with Crippen LogP contribution in [0.25, 0.3) is 0 Å². The molecule has 5 nitrogen and oxygen atoms in total. The predicted octanol–water partition coefficient (Wildman–Crippen LogP) is 1.29. The number of nitrogens with one attached hydrogen (secondary N) is 1. The molecule has 0 saturated carbocycles. The Hall–Kier alpha value is -1.59. The third-order valence-electron chi connectivity index (χ3n) is 4.24. The van der Waals surface area contributed by atoms with Crippen LogP contribution in [0.2, 0.25) is 0 Å². The molecule has 3 atom stereocenters. The Kier molecular flexibility index (Phi) is 5.20. The first-order valence-corrected chi connectivity index (χ1v) is 7.51. The molecule has 3 unspecified atom stereocenters. The van der Waals surface area contributed by atoms with Gasteiger partial charge in [-0.3, -0.25) is 9.69 Å². The Morgan fingerprint density at radius 3 is 2.67 bits per heavy atom. The molecule has 2 rings (SSSR count). The van der Waals surface area contributed by atoms with Crippen molar-refractivity contribution in [3.63, 3.8) is 0 Å². The molecule has 1 amide bonds. The first-order chi connectivity index (χ1) is 10.1. The van der Waals surface area contributed by atoms with Gasteiger partial charge in [0.15, 0.2) is 0 Å². The van der Waals surface area contributed by atoms with Crippen LogP contribution in [-0.2, 0) is 4.79 Å². The third kappa shape index (κ3) is 3.36. The molecule has 1 aliphatic rings. The summed E-state index contributed by atoms with van der Waals surface area (Å²) in [4.78, 5) is 14.1. The molecule has 3 N–H and O–H groups in total. The van der Waals surface area contributed by atoms with Crippen LogP contribution >= 0.6 is 0 Å². The highest BCUT2D eigenvalue weighted by Gasteiger charge is 2.34. The van der Waals surface area contributed by atoms with Crippen molar-refractivity contribution in [1.29, 1.82) is 0 Å². The number of rotatable bonds is 5. The quantitative estimate of drug-likeness (QED) is 0.858.